The Bertz CT molecular complexity index is 696. The molecule has 0 fully saturated rings. The van der Waals surface area contributed by atoms with Crippen LogP contribution >= 0.6 is 35.5 Å². The number of aromatic nitrogens is 1. The maximum atomic E-state index is 8.81. The van der Waals surface area contributed by atoms with Crippen LogP contribution in [0.3, 0.4) is 0 Å². The van der Waals surface area contributed by atoms with Crippen LogP contribution in [0.15, 0.2) is 52.3 Å². The van der Waals surface area contributed by atoms with Crippen LogP contribution in [0.4, 0.5) is 0 Å². The maximum absolute atomic E-state index is 8.81. The van der Waals surface area contributed by atoms with E-state index >= 15 is 0 Å². The summed E-state index contributed by atoms with van der Waals surface area (Å²) in [6.07, 6.45) is 6.91. The Morgan fingerprint density at radius 1 is 1.35 bits per heavy atom. The second kappa shape index (κ2) is 14.2. The number of hydrogen-bond acceptors (Lipinski definition) is 5. The minimum atomic E-state index is 0. The lowest BCUT2D eigenvalue weighted by Gasteiger charge is -2.07. The van der Waals surface area contributed by atoms with Gasteiger partial charge in [0.05, 0.1) is 17.7 Å². The van der Waals surface area contributed by atoms with Crippen LogP contribution in [-0.4, -0.2) is 29.8 Å². The van der Waals surface area contributed by atoms with Crippen LogP contribution in [0, 0.1) is 11.5 Å². The number of benzene rings is 1. The molecule has 0 aliphatic heterocycles. The summed E-state index contributed by atoms with van der Waals surface area (Å²) in [4.78, 5) is 8.62. The standard InChI is InChI=1S/C18H21N5S2.ClH/c19-14-22-18(20-9-4-8-16-6-2-1-3-7-16)21-10-5-11-24-12-17-13-25-15-23-17;/h1-4,6-8,13,15H,5,9-12H2,(H2,20,21,22);1H. The van der Waals surface area contributed by atoms with Crippen LogP contribution in [0.5, 0.6) is 0 Å². The predicted octanol–water partition coefficient (Wildman–Crippen LogP) is 3.92. The van der Waals surface area contributed by atoms with Crippen molar-refractivity contribution in [3.8, 4) is 6.19 Å². The van der Waals surface area contributed by atoms with Crippen molar-refractivity contribution in [2.75, 3.05) is 18.8 Å². The highest BCUT2D eigenvalue weighted by molar-refractivity contribution is 7.98. The van der Waals surface area contributed by atoms with E-state index < -0.39 is 0 Å². The van der Waals surface area contributed by atoms with E-state index in [9.17, 15) is 0 Å². The highest BCUT2D eigenvalue weighted by Gasteiger charge is 1.98. The fourth-order valence-corrected chi connectivity index (χ4v) is 3.48. The molecule has 8 heteroatoms. The smallest absolute Gasteiger partial charge is 0.205 e. The quantitative estimate of drug-likeness (QED) is 0.217. The SMILES string of the molecule is Cl.N#CNC(=NCC=Cc1ccccc1)NCCCSCc1cscn1. The van der Waals surface area contributed by atoms with Gasteiger partial charge in [-0.3, -0.25) is 5.32 Å². The molecule has 2 N–H and O–H groups in total. The van der Waals surface area contributed by atoms with Crippen LogP contribution in [-0.2, 0) is 5.75 Å². The molecule has 0 radical (unpaired) electrons. The number of hydrogen-bond donors (Lipinski definition) is 2. The number of guanidine groups is 1. The Morgan fingerprint density at radius 3 is 2.92 bits per heavy atom. The summed E-state index contributed by atoms with van der Waals surface area (Å²) in [6, 6.07) is 10.1. The first-order valence-corrected chi connectivity index (χ1v) is 10.1. The monoisotopic (exact) mass is 407 g/mol. The van der Waals surface area contributed by atoms with Gasteiger partial charge in [0.2, 0.25) is 5.96 Å². The fraction of sp³-hybridized carbons (Fsp3) is 0.278. The fourth-order valence-electron chi connectivity index (χ4n) is 1.96. The molecular weight excluding hydrogens is 386 g/mol. The third-order valence-corrected chi connectivity index (χ3v) is 4.84. The molecule has 0 spiro atoms. The zero-order valence-electron chi connectivity index (χ0n) is 14.3. The zero-order chi connectivity index (χ0) is 17.6. The molecule has 26 heavy (non-hydrogen) atoms. The van der Waals surface area contributed by atoms with Crippen molar-refractivity contribution in [3.05, 3.63) is 58.6 Å². The van der Waals surface area contributed by atoms with E-state index in [0.29, 0.717) is 12.5 Å². The van der Waals surface area contributed by atoms with Gasteiger partial charge in [0.1, 0.15) is 0 Å². The lowest BCUT2D eigenvalue weighted by atomic mass is 10.2. The summed E-state index contributed by atoms with van der Waals surface area (Å²) in [5.74, 6) is 2.51. The molecule has 1 heterocycles. The van der Waals surface area contributed by atoms with Crippen LogP contribution in [0.1, 0.15) is 17.7 Å². The van der Waals surface area contributed by atoms with Gasteiger partial charge >= 0.3 is 0 Å². The van der Waals surface area contributed by atoms with Gasteiger partial charge in [0.15, 0.2) is 6.19 Å². The number of halogens is 1. The molecule has 0 bridgehead atoms. The molecule has 0 aliphatic rings. The number of nitrogens with zero attached hydrogens (tertiary/aromatic N) is 3. The number of rotatable bonds is 9. The summed E-state index contributed by atoms with van der Waals surface area (Å²) >= 11 is 3.49. The second-order valence-electron chi connectivity index (χ2n) is 5.05. The van der Waals surface area contributed by atoms with Crippen molar-refractivity contribution in [1.82, 2.24) is 15.6 Å². The summed E-state index contributed by atoms with van der Waals surface area (Å²) in [6.45, 7) is 1.30. The minimum absolute atomic E-state index is 0. The summed E-state index contributed by atoms with van der Waals surface area (Å²) in [7, 11) is 0. The van der Waals surface area contributed by atoms with Gasteiger partial charge in [-0.15, -0.1) is 23.7 Å². The minimum Gasteiger partial charge on any atom is -0.356 e. The molecule has 0 atom stereocenters. The third kappa shape index (κ3) is 9.47. The van der Waals surface area contributed by atoms with E-state index in [1.807, 2.05) is 65.9 Å². The Kier molecular flexibility index (Phi) is 12.0. The van der Waals surface area contributed by atoms with Crippen molar-refractivity contribution in [2.24, 2.45) is 4.99 Å². The van der Waals surface area contributed by atoms with E-state index in [1.54, 1.807) is 11.3 Å². The highest BCUT2D eigenvalue weighted by Crippen LogP contribution is 2.12. The van der Waals surface area contributed by atoms with Crippen LogP contribution in [0.2, 0.25) is 0 Å². The summed E-state index contributed by atoms with van der Waals surface area (Å²) in [5, 5.41) is 16.6. The molecule has 0 amide bonds. The normalized spacial score (nSPS) is 11.0. The molecule has 0 saturated carbocycles. The first kappa shape index (κ1) is 22.0. The van der Waals surface area contributed by atoms with Crippen molar-refractivity contribution < 1.29 is 0 Å². The zero-order valence-corrected chi connectivity index (χ0v) is 16.7. The number of thioether (sulfide) groups is 1. The number of nitriles is 1. The van der Waals surface area contributed by atoms with Crippen molar-refractivity contribution in [1.29, 1.82) is 5.26 Å². The first-order valence-electron chi connectivity index (χ1n) is 7.98. The Labute approximate surface area is 169 Å². The van der Waals surface area contributed by atoms with Gasteiger partial charge in [-0.25, -0.2) is 9.98 Å². The largest absolute Gasteiger partial charge is 0.356 e. The van der Waals surface area contributed by atoms with E-state index in [-0.39, 0.29) is 12.4 Å². The maximum Gasteiger partial charge on any atom is 0.205 e. The Morgan fingerprint density at radius 2 is 2.19 bits per heavy atom. The topological polar surface area (TPSA) is 73.1 Å². The summed E-state index contributed by atoms with van der Waals surface area (Å²) < 4.78 is 0. The van der Waals surface area contributed by atoms with Crippen LogP contribution in [0.25, 0.3) is 6.08 Å². The number of nitrogens with one attached hydrogen (secondary N) is 2. The van der Waals surface area contributed by atoms with E-state index in [1.165, 1.54) is 0 Å². The van der Waals surface area contributed by atoms with E-state index in [4.69, 9.17) is 5.26 Å². The van der Waals surface area contributed by atoms with Crippen molar-refractivity contribution in [3.63, 3.8) is 0 Å². The predicted molar refractivity (Wildman–Crippen MR) is 115 cm³/mol. The molecule has 5 nitrogen and oxygen atoms in total. The second-order valence-corrected chi connectivity index (χ2v) is 6.88. The molecular formula is C18H22ClN5S2. The lowest BCUT2D eigenvalue weighted by Crippen LogP contribution is -2.35. The molecule has 138 valence electrons. The Balaban J connectivity index is 0.00000338. The molecule has 0 unspecified atom stereocenters. The molecule has 1 aromatic heterocycles. The van der Waals surface area contributed by atoms with Gasteiger partial charge < -0.3 is 5.32 Å². The van der Waals surface area contributed by atoms with E-state index in [0.717, 1.165) is 35.7 Å². The molecule has 0 aliphatic carbocycles. The van der Waals surface area contributed by atoms with Gasteiger partial charge in [-0.1, -0.05) is 42.5 Å². The third-order valence-electron chi connectivity index (χ3n) is 3.13. The number of aliphatic imine (C=N–C) groups is 1. The number of thiazole rings is 1. The highest BCUT2D eigenvalue weighted by atomic mass is 35.5. The van der Waals surface area contributed by atoms with Crippen molar-refractivity contribution >= 4 is 47.5 Å². The van der Waals surface area contributed by atoms with Gasteiger partial charge in [0, 0.05) is 17.7 Å². The van der Waals surface area contributed by atoms with Crippen LogP contribution < -0.4 is 10.6 Å². The Hall–Kier alpha value is -2.01. The first-order chi connectivity index (χ1) is 12.4. The molecule has 2 rings (SSSR count). The summed E-state index contributed by atoms with van der Waals surface area (Å²) in [5.41, 5.74) is 4.14. The molecule has 2 aromatic rings. The molecule has 1 aromatic carbocycles. The lowest BCUT2D eigenvalue weighted by molar-refractivity contribution is 0.824. The van der Waals surface area contributed by atoms with Gasteiger partial charge in [-0.2, -0.15) is 17.0 Å². The molecule has 0 saturated heterocycles. The van der Waals surface area contributed by atoms with Gasteiger partial charge in [0.25, 0.3) is 0 Å². The average molecular weight is 408 g/mol. The average Bonchev–Trinajstić information content (AvgIpc) is 3.16. The van der Waals surface area contributed by atoms with Crippen molar-refractivity contribution in [2.45, 2.75) is 12.2 Å². The van der Waals surface area contributed by atoms with Gasteiger partial charge in [-0.05, 0) is 17.7 Å². The van der Waals surface area contributed by atoms with E-state index in [2.05, 4.69) is 26.0 Å².